The standard InChI is InChI=1S/C19H34N6O8/c1-10(21)16(29)23-12(6-8-15(27)28)18(31)24-11(4-2-3-9-20)17(30)25-13(19(32)33)5-7-14(22)26/h10-13H,2-9,20-21H2,1H3,(H2,22,26)(H,23,29)(H,24,31)(H,25,30)(H,27,28)(H,32,33). The van der Waals surface area contributed by atoms with Crippen LogP contribution >= 0.6 is 0 Å². The van der Waals surface area contributed by atoms with Crippen LogP contribution in [0.1, 0.15) is 51.9 Å². The molecule has 4 atom stereocenters. The SMILES string of the molecule is CC(N)C(=O)NC(CCC(=O)O)C(=O)NC(CCCCN)C(=O)NC(CCC(N)=O)C(=O)O. The van der Waals surface area contributed by atoms with Crippen molar-refractivity contribution in [3.63, 3.8) is 0 Å². The number of carboxylic acids is 2. The number of amides is 4. The Labute approximate surface area is 191 Å². The smallest absolute Gasteiger partial charge is 0.326 e. The fourth-order valence-corrected chi connectivity index (χ4v) is 2.69. The molecule has 14 nitrogen and oxygen atoms in total. The van der Waals surface area contributed by atoms with E-state index >= 15 is 0 Å². The van der Waals surface area contributed by atoms with Crippen LogP contribution in [0.4, 0.5) is 0 Å². The zero-order chi connectivity index (χ0) is 25.6. The van der Waals surface area contributed by atoms with Gasteiger partial charge in [0, 0.05) is 12.8 Å². The van der Waals surface area contributed by atoms with E-state index in [1.165, 1.54) is 6.92 Å². The van der Waals surface area contributed by atoms with Crippen LogP contribution in [-0.2, 0) is 28.8 Å². The molecule has 0 aliphatic rings. The number of nitrogens with one attached hydrogen (secondary N) is 3. The summed E-state index contributed by atoms with van der Waals surface area (Å²) in [6, 6.07) is -4.86. The van der Waals surface area contributed by atoms with Crippen LogP contribution in [0.2, 0.25) is 0 Å². The molecule has 0 saturated heterocycles. The second-order valence-corrected chi connectivity index (χ2v) is 7.53. The average molecular weight is 475 g/mol. The van der Waals surface area contributed by atoms with E-state index in [2.05, 4.69) is 16.0 Å². The van der Waals surface area contributed by atoms with Gasteiger partial charge in [0.2, 0.25) is 23.6 Å². The molecule has 0 heterocycles. The highest BCUT2D eigenvalue weighted by Crippen LogP contribution is 2.06. The van der Waals surface area contributed by atoms with E-state index in [1.807, 2.05) is 0 Å². The van der Waals surface area contributed by atoms with Gasteiger partial charge in [-0.1, -0.05) is 0 Å². The van der Waals surface area contributed by atoms with Crippen molar-refractivity contribution in [2.24, 2.45) is 17.2 Å². The second kappa shape index (κ2) is 15.5. The molecule has 0 aromatic heterocycles. The molecule has 33 heavy (non-hydrogen) atoms. The minimum Gasteiger partial charge on any atom is -0.481 e. The van der Waals surface area contributed by atoms with Crippen LogP contribution in [0.25, 0.3) is 0 Å². The van der Waals surface area contributed by atoms with Crippen LogP contribution in [0.5, 0.6) is 0 Å². The second-order valence-electron chi connectivity index (χ2n) is 7.53. The molecule has 0 aromatic rings. The Morgan fingerprint density at radius 2 is 1.24 bits per heavy atom. The van der Waals surface area contributed by atoms with E-state index in [9.17, 15) is 33.9 Å². The van der Waals surface area contributed by atoms with Gasteiger partial charge < -0.3 is 43.4 Å². The average Bonchev–Trinajstić information content (AvgIpc) is 2.72. The molecule has 0 fully saturated rings. The molecule has 14 heteroatoms. The Balaban J connectivity index is 5.48. The van der Waals surface area contributed by atoms with Crippen molar-refractivity contribution in [2.45, 2.75) is 76.0 Å². The molecule has 0 aliphatic heterocycles. The fourth-order valence-electron chi connectivity index (χ4n) is 2.69. The minimum absolute atomic E-state index is 0.101. The molecular weight excluding hydrogens is 440 g/mol. The van der Waals surface area contributed by atoms with Gasteiger partial charge in [0.05, 0.1) is 6.04 Å². The van der Waals surface area contributed by atoms with Crippen molar-refractivity contribution in [2.75, 3.05) is 6.54 Å². The Kier molecular flexibility index (Phi) is 14.0. The first kappa shape index (κ1) is 29.7. The lowest BCUT2D eigenvalue weighted by Gasteiger charge is -2.24. The third-order valence-electron chi connectivity index (χ3n) is 4.57. The molecule has 11 N–H and O–H groups in total. The summed E-state index contributed by atoms with van der Waals surface area (Å²) >= 11 is 0. The first-order chi connectivity index (χ1) is 15.4. The van der Waals surface area contributed by atoms with E-state index in [0.717, 1.165) is 0 Å². The van der Waals surface area contributed by atoms with Crippen molar-refractivity contribution in [1.29, 1.82) is 0 Å². The van der Waals surface area contributed by atoms with Gasteiger partial charge >= 0.3 is 11.9 Å². The maximum absolute atomic E-state index is 12.8. The van der Waals surface area contributed by atoms with E-state index < -0.39 is 66.2 Å². The minimum atomic E-state index is -1.42. The van der Waals surface area contributed by atoms with Gasteiger partial charge in [-0.05, 0) is 45.6 Å². The first-order valence-corrected chi connectivity index (χ1v) is 10.5. The third-order valence-corrected chi connectivity index (χ3v) is 4.57. The summed E-state index contributed by atoms with van der Waals surface area (Å²) in [6.45, 7) is 1.70. The van der Waals surface area contributed by atoms with Crippen molar-refractivity contribution >= 4 is 35.6 Å². The number of hydrogen-bond donors (Lipinski definition) is 8. The van der Waals surface area contributed by atoms with E-state index in [1.54, 1.807) is 0 Å². The van der Waals surface area contributed by atoms with Crippen LogP contribution in [0.3, 0.4) is 0 Å². The van der Waals surface area contributed by atoms with Crippen LogP contribution in [0.15, 0.2) is 0 Å². The lowest BCUT2D eigenvalue weighted by Crippen LogP contribution is -2.57. The number of rotatable bonds is 17. The van der Waals surface area contributed by atoms with Crippen molar-refractivity contribution < 1.29 is 39.0 Å². The predicted octanol–water partition coefficient (Wildman–Crippen LogP) is -2.87. The monoisotopic (exact) mass is 474 g/mol. The first-order valence-electron chi connectivity index (χ1n) is 10.5. The van der Waals surface area contributed by atoms with Crippen molar-refractivity contribution in [1.82, 2.24) is 16.0 Å². The Morgan fingerprint density at radius 3 is 1.70 bits per heavy atom. The lowest BCUT2D eigenvalue weighted by molar-refractivity contribution is -0.142. The van der Waals surface area contributed by atoms with Crippen LogP contribution in [0, 0.1) is 0 Å². The maximum atomic E-state index is 12.8. The van der Waals surface area contributed by atoms with E-state index in [0.29, 0.717) is 19.4 Å². The number of hydrogen-bond acceptors (Lipinski definition) is 8. The number of unbranched alkanes of at least 4 members (excludes halogenated alkanes) is 1. The summed E-state index contributed by atoms with van der Waals surface area (Å²) in [5, 5.41) is 25.2. The number of carboxylic acid groups (broad SMARTS) is 2. The normalized spacial score (nSPS) is 14.3. The Bertz CT molecular complexity index is 714. The zero-order valence-electron chi connectivity index (χ0n) is 18.5. The van der Waals surface area contributed by atoms with Gasteiger partial charge in [-0.25, -0.2) is 4.79 Å². The molecule has 4 amide bonds. The highest BCUT2D eigenvalue weighted by atomic mass is 16.4. The van der Waals surface area contributed by atoms with Gasteiger partial charge in [-0.2, -0.15) is 0 Å². The zero-order valence-corrected chi connectivity index (χ0v) is 18.5. The van der Waals surface area contributed by atoms with E-state index in [4.69, 9.17) is 22.3 Å². The molecule has 0 spiro atoms. The van der Waals surface area contributed by atoms with E-state index in [-0.39, 0.29) is 25.7 Å². The fraction of sp³-hybridized carbons (Fsp3) is 0.684. The molecule has 0 bridgehead atoms. The largest absolute Gasteiger partial charge is 0.481 e. The summed E-state index contributed by atoms with van der Waals surface area (Å²) in [7, 11) is 0. The molecule has 0 rings (SSSR count). The van der Waals surface area contributed by atoms with Gasteiger partial charge in [0.15, 0.2) is 0 Å². The quantitative estimate of drug-likeness (QED) is 0.0999. The molecule has 4 unspecified atom stereocenters. The van der Waals surface area contributed by atoms with Gasteiger partial charge in [0.25, 0.3) is 0 Å². The van der Waals surface area contributed by atoms with Crippen LogP contribution < -0.4 is 33.2 Å². The molecular formula is C19H34N6O8. The highest BCUT2D eigenvalue weighted by Gasteiger charge is 2.30. The molecule has 0 aliphatic carbocycles. The summed E-state index contributed by atoms with van der Waals surface area (Å²) in [5.41, 5.74) is 16.0. The highest BCUT2D eigenvalue weighted by molar-refractivity contribution is 5.94. The van der Waals surface area contributed by atoms with Gasteiger partial charge in [-0.3, -0.25) is 24.0 Å². The Hall–Kier alpha value is -3.26. The molecule has 0 radical (unpaired) electrons. The van der Waals surface area contributed by atoms with Crippen molar-refractivity contribution in [3.8, 4) is 0 Å². The van der Waals surface area contributed by atoms with Crippen molar-refractivity contribution in [3.05, 3.63) is 0 Å². The maximum Gasteiger partial charge on any atom is 0.326 e. The summed E-state index contributed by atoms with van der Waals surface area (Å²) < 4.78 is 0. The molecule has 188 valence electrons. The number of carbonyl (C=O) groups excluding carboxylic acids is 4. The number of aliphatic carboxylic acids is 2. The van der Waals surface area contributed by atoms with Crippen LogP contribution in [-0.4, -0.2) is 76.5 Å². The number of primary amides is 1. The number of nitrogens with two attached hydrogens (primary N) is 3. The van der Waals surface area contributed by atoms with Gasteiger partial charge in [-0.15, -0.1) is 0 Å². The summed E-state index contributed by atoms with van der Waals surface area (Å²) in [6.07, 6.45) is -0.173. The molecule has 0 aromatic carbocycles. The van der Waals surface area contributed by atoms with Gasteiger partial charge in [0.1, 0.15) is 18.1 Å². The third kappa shape index (κ3) is 13.0. The summed E-state index contributed by atoms with van der Waals surface area (Å²) in [5.74, 6) is -5.68. The summed E-state index contributed by atoms with van der Waals surface area (Å²) in [4.78, 5) is 70.7. The predicted molar refractivity (Wildman–Crippen MR) is 115 cm³/mol. The molecule has 0 saturated carbocycles. The number of carbonyl (C=O) groups is 6. The Morgan fingerprint density at radius 1 is 0.758 bits per heavy atom. The topological polar surface area (TPSA) is 257 Å². The lowest BCUT2D eigenvalue weighted by atomic mass is 10.0.